The quantitative estimate of drug-likeness (QED) is 0.756. The standard InChI is InChI=1S/C17H23NO6S/c1-17(11-24-2,16(20)21)18-15(19)12-7-9-14(10-8-12)25(22,23)13-5-3-4-6-13/h7-10,13H,3-6,11H2,1-2H3,(H,18,19)(H,20,21). The second-order valence-electron chi connectivity index (χ2n) is 6.50. The number of carbonyl (C=O) groups excluding carboxylic acids is 1. The molecule has 0 aliphatic heterocycles. The van der Waals surface area contributed by atoms with Gasteiger partial charge in [0.1, 0.15) is 0 Å². The fraction of sp³-hybridized carbons (Fsp3) is 0.529. The molecule has 2 N–H and O–H groups in total. The molecule has 1 fully saturated rings. The molecule has 0 spiro atoms. The van der Waals surface area contributed by atoms with E-state index in [0.29, 0.717) is 12.8 Å². The Kier molecular flexibility index (Phi) is 5.84. The highest BCUT2D eigenvalue weighted by atomic mass is 32.2. The minimum atomic E-state index is -3.38. The zero-order valence-electron chi connectivity index (χ0n) is 14.3. The Bertz CT molecular complexity index is 737. The van der Waals surface area contributed by atoms with Crippen LogP contribution in [-0.4, -0.2) is 49.9 Å². The molecule has 0 saturated heterocycles. The van der Waals surface area contributed by atoms with E-state index < -0.39 is 27.3 Å². The molecule has 2 rings (SSSR count). The predicted octanol–water partition coefficient (Wildman–Crippen LogP) is 1.62. The molecule has 0 radical (unpaired) electrons. The third-order valence-electron chi connectivity index (χ3n) is 4.48. The van der Waals surface area contributed by atoms with Gasteiger partial charge in [-0.15, -0.1) is 0 Å². The lowest BCUT2D eigenvalue weighted by atomic mass is 10.0. The van der Waals surface area contributed by atoms with Crippen LogP contribution in [0.4, 0.5) is 0 Å². The van der Waals surface area contributed by atoms with Crippen LogP contribution >= 0.6 is 0 Å². The van der Waals surface area contributed by atoms with Crippen LogP contribution < -0.4 is 5.32 Å². The largest absolute Gasteiger partial charge is 0.479 e. The number of aliphatic carboxylic acids is 1. The molecule has 1 aromatic carbocycles. The van der Waals surface area contributed by atoms with Gasteiger partial charge in [0.05, 0.1) is 16.8 Å². The van der Waals surface area contributed by atoms with Gasteiger partial charge in [-0.25, -0.2) is 13.2 Å². The number of benzene rings is 1. The maximum absolute atomic E-state index is 12.5. The van der Waals surface area contributed by atoms with Crippen molar-refractivity contribution in [2.75, 3.05) is 13.7 Å². The molecule has 1 amide bonds. The fourth-order valence-corrected chi connectivity index (χ4v) is 4.80. The molecular formula is C17H23NO6S. The van der Waals surface area contributed by atoms with E-state index >= 15 is 0 Å². The van der Waals surface area contributed by atoms with E-state index in [1.165, 1.54) is 38.3 Å². The van der Waals surface area contributed by atoms with E-state index in [-0.39, 0.29) is 22.3 Å². The number of rotatable bonds is 7. The molecule has 25 heavy (non-hydrogen) atoms. The van der Waals surface area contributed by atoms with Crippen LogP contribution in [0, 0.1) is 0 Å². The fourth-order valence-electron chi connectivity index (χ4n) is 2.95. The van der Waals surface area contributed by atoms with Crippen LogP contribution in [0.1, 0.15) is 43.0 Å². The van der Waals surface area contributed by atoms with Crippen molar-refractivity contribution in [1.82, 2.24) is 5.32 Å². The van der Waals surface area contributed by atoms with Crippen LogP contribution in [0.3, 0.4) is 0 Å². The first-order valence-electron chi connectivity index (χ1n) is 8.09. The van der Waals surface area contributed by atoms with Gasteiger partial charge in [0.2, 0.25) is 0 Å². The minimum absolute atomic E-state index is 0.189. The maximum atomic E-state index is 12.5. The number of hydrogen-bond donors (Lipinski definition) is 2. The number of carbonyl (C=O) groups is 2. The van der Waals surface area contributed by atoms with Crippen molar-refractivity contribution < 1.29 is 27.9 Å². The molecular weight excluding hydrogens is 346 g/mol. The first-order valence-corrected chi connectivity index (χ1v) is 9.64. The van der Waals surface area contributed by atoms with Gasteiger partial charge in [-0.3, -0.25) is 4.79 Å². The minimum Gasteiger partial charge on any atom is -0.479 e. The van der Waals surface area contributed by atoms with Gasteiger partial charge >= 0.3 is 5.97 Å². The summed E-state index contributed by atoms with van der Waals surface area (Å²) in [5, 5.41) is 11.3. The van der Waals surface area contributed by atoms with E-state index in [1.54, 1.807) is 0 Å². The van der Waals surface area contributed by atoms with E-state index in [1.807, 2.05) is 0 Å². The lowest BCUT2D eigenvalue weighted by molar-refractivity contribution is -0.145. The average Bonchev–Trinajstić information content (AvgIpc) is 3.10. The maximum Gasteiger partial charge on any atom is 0.331 e. The summed E-state index contributed by atoms with van der Waals surface area (Å²) in [5.41, 5.74) is -1.38. The van der Waals surface area contributed by atoms with Gasteiger partial charge in [0.15, 0.2) is 15.4 Å². The Morgan fingerprint density at radius 2 is 1.80 bits per heavy atom. The van der Waals surface area contributed by atoms with Crippen LogP contribution in [0.5, 0.6) is 0 Å². The predicted molar refractivity (Wildman–Crippen MR) is 91.3 cm³/mol. The lowest BCUT2D eigenvalue weighted by Gasteiger charge is -2.25. The van der Waals surface area contributed by atoms with Gasteiger partial charge in [-0.05, 0) is 44.0 Å². The lowest BCUT2D eigenvalue weighted by Crippen LogP contribution is -2.55. The molecule has 1 saturated carbocycles. The highest BCUT2D eigenvalue weighted by Crippen LogP contribution is 2.29. The zero-order chi connectivity index (χ0) is 18.7. The van der Waals surface area contributed by atoms with Crippen molar-refractivity contribution in [2.24, 2.45) is 0 Å². The van der Waals surface area contributed by atoms with Gasteiger partial charge in [-0.1, -0.05) is 12.8 Å². The SMILES string of the molecule is COCC(C)(NC(=O)c1ccc(S(=O)(=O)C2CCCC2)cc1)C(=O)O. The van der Waals surface area contributed by atoms with Gasteiger partial charge in [-0.2, -0.15) is 0 Å². The topological polar surface area (TPSA) is 110 Å². The second kappa shape index (κ2) is 7.53. The Balaban J connectivity index is 2.16. The van der Waals surface area contributed by atoms with Gasteiger partial charge in [0, 0.05) is 12.7 Å². The summed E-state index contributed by atoms with van der Waals surface area (Å²) < 4.78 is 29.9. The van der Waals surface area contributed by atoms with Crippen LogP contribution in [-0.2, 0) is 19.4 Å². The Morgan fingerprint density at radius 3 is 2.28 bits per heavy atom. The molecule has 1 atom stereocenters. The summed E-state index contributed by atoms with van der Waals surface area (Å²) in [4.78, 5) is 23.8. The molecule has 7 nitrogen and oxygen atoms in total. The molecule has 1 aliphatic rings. The van der Waals surface area contributed by atoms with Crippen molar-refractivity contribution in [3.05, 3.63) is 29.8 Å². The average molecular weight is 369 g/mol. The van der Waals surface area contributed by atoms with Crippen molar-refractivity contribution >= 4 is 21.7 Å². The van der Waals surface area contributed by atoms with Crippen molar-refractivity contribution in [3.8, 4) is 0 Å². The number of sulfone groups is 1. The smallest absolute Gasteiger partial charge is 0.331 e. The highest BCUT2D eigenvalue weighted by Gasteiger charge is 2.35. The van der Waals surface area contributed by atoms with Gasteiger partial charge < -0.3 is 15.2 Å². The van der Waals surface area contributed by atoms with Gasteiger partial charge in [0.25, 0.3) is 5.91 Å². The zero-order valence-corrected chi connectivity index (χ0v) is 15.1. The normalized spacial score (nSPS) is 17.8. The number of methoxy groups -OCH3 is 1. The molecule has 1 aromatic rings. The first-order chi connectivity index (χ1) is 11.7. The van der Waals surface area contributed by atoms with E-state index in [0.717, 1.165) is 12.8 Å². The third kappa shape index (κ3) is 4.19. The summed E-state index contributed by atoms with van der Waals surface area (Å²) in [6.45, 7) is 1.15. The summed E-state index contributed by atoms with van der Waals surface area (Å²) in [6, 6.07) is 5.59. The summed E-state index contributed by atoms with van der Waals surface area (Å²) in [6.07, 6.45) is 3.16. The monoisotopic (exact) mass is 369 g/mol. The van der Waals surface area contributed by atoms with Crippen molar-refractivity contribution in [3.63, 3.8) is 0 Å². The number of hydrogen-bond acceptors (Lipinski definition) is 5. The molecule has 138 valence electrons. The highest BCUT2D eigenvalue weighted by molar-refractivity contribution is 7.92. The Labute approximate surface area is 147 Å². The number of carboxylic acid groups (broad SMARTS) is 1. The molecule has 1 aliphatic carbocycles. The van der Waals surface area contributed by atoms with Crippen LogP contribution in [0.15, 0.2) is 29.2 Å². The van der Waals surface area contributed by atoms with Crippen LogP contribution in [0.2, 0.25) is 0 Å². The summed E-state index contributed by atoms with van der Waals surface area (Å²) in [7, 11) is -2.04. The molecule has 8 heteroatoms. The summed E-state index contributed by atoms with van der Waals surface area (Å²) >= 11 is 0. The van der Waals surface area contributed by atoms with E-state index in [4.69, 9.17) is 4.74 Å². The van der Waals surface area contributed by atoms with Crippen molar-refractivity contribution in [2.45, 2.75) is 48.3 Å². The third-order valence-corrected chi connectivity index (χ3v) is 6.76. The van der Waals surface area contributed by atoms with E-state index in [9.17, 15) is 23.1 Å². The summed E-state index contributed by atoms with van der Waals surface area (Å²) in [5.74, 6) is -1.82. The Morgan fingerprint density at radius 1 is 1.24 bits per heavy atom. The molecule has 0 bridgehead atoms. The number of ether oxygens (including phenoxy) is 1. The molecule has 0 aromatic heterocycles. The van der Waals surface area contributed by atoms with Crippen LogP contribution in [0.25, 0.3) is 0 Å². The number of carboxylic acids is 1. The molecule has 0 heterocycles. The first kappa shape index (κ1) is 19.4. The Hall–Kier alpha value is -1.93. The second-order valence-corrected chi connectivity index (χ2v) is 8.73. The number of amides is 1. The molecule has 1 unspecified atom stereocenters. The number of nitrogens with one attached hydrogen (secondary N) is 1. The van der Waals surface area contributed by atoms with Crippen molar-refractivity contribution in [1.29, 1.82) is 0 Å². The van der Waals surface area contributed by atoms with E-state index in [2.05, 4.69) is 5.32 Å².